The van der Waals surface area contributed by atoms with Crippen LogP contribution in [0.25, 0.3) is 9.88 Å². The molecule has 3 rings (SSSR count). The molecule has 2 aromatic heterocycles. The number of hydrogen-bond acceptors (Lipinski definition) is 7. The second kappa shape index (κ2) is 8.60. The summed E-state index contributed by atoms with van der Waals surface area (Å²) in [5.41, 5.74) is 1.13. The highest BCUT2D eigenvalue weighted by molar-refractivity contribution is 7.23. The molecule has 0 fully saturated rings. The minimum Gasteiger partial charge on any atom is -0.496 e. The Bertz CT molecular complexity index is 955. The van der Waals surface area contributed by atoms with Gasteiger partial charge in [-0.1, -0.05) is 11.6 Å². The summed E-state index contributed by atoms with van der Waals surface area (Å²) in [4.78, 5) is 17.8. The van der Waals surface area contributed by atoms with Crippen molar-refractivity contribution in [2.45, 2.75) is 6.54 Å². The molecule has 3 aromatic rings. The largest absolute Gasteiger partial charge is 0.496 e. The lowest BCUT2D eigenvalue weighted by atomic mass is 10.1. The zero-order valence-corrected chi connectivity index (χ0v) is 17.3. The van der Waals surface area contributed by atoms with Crippen LogP contribution in [0.3, 0.4) is 0 Å². The Morgan fingerprint density at radius 1 is 1.11 bits per heavy atom. The molecule has 0 unspecified atom stereocenters. The normalized spacial score (nSPS) is 10.5. The molecule has 1 amide bonds. The van der Waals surface area contributed by atoms with Crippen molar-refractivity contribution in [3.05, 3.63) is 45.2 Å². The summed E-state index contributed by atoms with van der Waals surface area (Å²) in [5, 5.41) is 5.35. The maximum atomic E-state index is 12.5. The first-order chi connectivity index (χ1) is 13.0. The van der Waals surface area contributed by atoms with E-state index in [0.29, 0.717) is 27.3 Å². The molecule has 6 nitrogen and oxygen atoms in total. The second-order valence-electron chi connectivity index (χ2n) is 5.34. The summed E-state index contributed by atoms with van der Waals surface area (Å²) in [6, 6.07) is 7.20. The SMILES string of the molecule is COc1cc(OC)c(OC)cc1CNC(=O)c1csc(-c2ccc(Cl)s2)n1. The first kappa shape index (κ1) is 19.5. The van der Waals surface area contributed by atoms with E-state index in [1.165, 1.54) is 22.7 Å². The number of ether oxygens (including phenoxy) is 3. The molecular formula is C18H17ClN2O4S2. The number of amides is 1. The number of carbonyl (C=O) groups excluding carboxylic acids is 1. The fourth-order valence-corrected chi connectivity index (χ4v) is 4.33. The van der Waals surface area contributed by atoms with E-state index in [1.54, 1.807) is 38.8 Å². The quantitative estimate of drug-likeness (QED) is 0.605. The van der Waals surface area contributed by atoms with Gasteiger partial charge in [0.05, 0.1) is 30.5 Å². The predicted molar refractivity (Wildman–Crippen MR) is 108 cm³/mol. The van der Waals surface area contributed by atoms with Gasteiger partial charge in [0.1, 0.15) is 16.5 Å². The number of benzene rings is 1. The van der Waals surface area contributed by atoms with Crippen LogP contribution in [-0.4, -0.2) is 32.2 Å². The molecule has 1 N–H and O–H groups in total. The molecule has 0 spiro atoms. The number of nitrogens with zero attached hydrogens (tertiary/aromatic N) is 1. The molecule has 0 atom stereocenters. The second-order valence-corrected chi connectivity index (χ2v) is 7.92. The summed E-state index contributed by atoms with van der Waals surface area (Å²) in [7, 11) is 4.67. The number of rotatable bonds is 7. The van der Waals surface area contributed by atoms with Crippen LogP contribution < -0.4 is 19.5 Å². The predicted octanol–water partition coefficient (Wildman–Crippen LogP) is 4.48. The Kier molecular flexibility index (Phi) is 6.20. The third-order valence-corrected chi connectivity index (χ3v) is 5.99. The van der Waals surface area contributed by atoms with Gasteiger partial charge in [-0.15, -0.1) is 22.7 Å². The van der Waals surface area contributed by atoms with E-state index in [-0.39, 0.29) is 12.5 Å². The molecule has 9 heteroatoms. The van der Waals surface area contributed by atoms with Crippen LogP contribution in [-0.2, 0) is 6.54 Å². The van der Waals surface area contributed by atoms with Gasteiger partial charge in [-0.05, 0) is 18.2 Å². The van der Waals surface area contributed by atoms with Crippen molar-refractivity contribution in [2.75, 3.05) is 21.3 Å². The summed E-state index contributed by atoms with van der Waals surface area (Å²) in [6.45, 7) is 0.264. The van der Waals surface area contributed by atoms with Gasteiger partial charge in [0.25, 0.3) is 5.91 Å². The summed E-state index contributed by atoms with van der Waals surface area (Å²) >= 11 is 8.79. The third kappa shape index (κ3) is 4.35. The molecule has 0 aliphatic rings. The monoisotopic (exact) mass is 424 g/mol. The lowest BCUT2D eigenvalue weighted by Gasteiger charge is -2.14. The number of thiophene rings is 1. The number of methoxy groups -OCH3 is 3. The first-order valence-electron chi connectivity index (χ1n) is 7.84. The van der Waals surface area contributed by atoms with Gasteiger partial charge in [0.2, 0.25) is 0 Å². The molecule has 0 radical (unpaired) electrons. The van der Waals surface area contributed by atoms with Gasteiger partial charge >= 0.3 is 0 Å². The van der Waals surface area contributed by atoms with Crippen molar-refractivity contribution in [3.63, 3.8) is 0 Å². The topological polar surface area (TPSA) is 69.7 Å². The van der Waals surface area contributed by atoms with Crippen molar-refractivity contribution in [2.24, 2.45) is 0 Å². The highest BCUT2D eigenvalue weighted by Crippen LogP contribution is 2.35. The van der Waals surface area contributed by atoms with Crippen molar-refractivity contribution < 1.29 is 19.0 Å². The number of nitrogens with one attached hydrogen (secondary N) is 1. The Morgan fingerprint density at radius 2 is 1.81 bits per heavy atom. The summed E-state index contributed by atoms with van der Waals surface area (Å²) in [5.74, 6) is 1.45. The first-order valence-corrected chi connectivity index (χ1v) is 9.91. The molecule has 0 bridgehead atoms. The molecular weight excluding hydrogens is 408 g/mol. The molecule has 2 heterocycles. The van der Waals surface area contributed by atoms with Gasteiger partial charge in [-0.25, -0.2) is 4.98 Å². The van der Waals surface area contributed by atoms with E-state index in [9.17, 15) is 4.79 Å². The minimum absolute atomic E-state index is 0.264. The average Bonchev–Trinajstić information content (AvgIpc) is 3.34. The van der Waals surface area contributed by atoms with Crippen molar-refractivity contribution >= 4 is 40.2 Å². The molecule has 0 aliphatic carbocycles. The molecule has 1 aromatic carbocycles. The lowest BCUT2D eigenvalue weighted by Crippen LogP contribution is -2.23. The van der Waals surface area contributed by atoms with Gasteiger partial charge in [-0.2, -0.15) is 0 Å². The van der Waals surface area contributed by atoms with Crippen molar-refractivity contribution in [3.8, 4) is 27.1 Å². The fraction of sp³-hybridized carbons (Fsp3) is 0.222. The van der Waals surface area contributed by atoms with Gasteiger partial charge < -0.3 is 19.5 Å². The molecule has 0 saturated heterocycles. The lowest BCUT2D eigenvalue weighted by molar-refractivity contribution is 0.0946. The van der Waals surface area contributed by atoms with Crippen LogP contribution in [0.2, 0.25) is 4.34 Å². The fourth-order valence-electron chi connectivity index (χ4n) is 2.42. The number of carbonyl (C=O) groups is 1. The average molecular weight is 425 g/mol. The summed E-state index contributed by atoms with van der Waals surface area (Å²) in [6.07, 6.45) is 0. The standard InChI is InChI=1S/C18H17ClN2O4S2/c1-23-12-7-14(25-3)13(24-2)6-10(12)8-20-17(22)11-9-26-18(21-11)15-4-5-16(19)27-15/h4-7,9H,8H2,1-3H3,(H,20,22). The van der Waals surface area contributed by atoms with Crippen LogP contribution >= 0.6 is 34.3 Å². The highest BCUT2D eigenvalue weighted by Gasteiger charge is 2.16. The van der Waals surface area contributed by atoms with Crippen LogP contribution in [0.4, 0.5) is 0 Å². The zero-order chi connectivity index (χ0) is 19.4. The molecule has 0 saturated carbocycles. The van der Waals surface area contributed by atoms with Crippen LogP contribution in [0.5, 0.6) is 17.2 Å². The van der Waals surface area contributed by atoms with Crippen LogP contribution in [0, 0.1) is 0 Å². The maximum absolute atomic E-state index is 12.5. The third-order valence-electron chi connectivity index (χ3n) is 3.75. The smallest absolute Gasteiger partial charge is 0.271 e. The Hall–Kier alpha value is -2.29. The van der Waals surface area contributed by atoms with E-state index in [0.717, 1.165) is 15.4 Å². The van der Waals surface area contributed by atoms with Crippen molar-refractivity contribution in [1.29, 1.82) is 0 Å². The minimum atomic E-state index is -0.267. The Morgan fingerprint density at radius 3 is 2.44 bits per heavy atom. The number of hydrogen-bond donors (Lipinski definition) is 1. The zero-order valence-electron chi connectivity index (χ0n) is 14.9. The van der Waals surface area contributed by atoms with E-state index < -0.39 is 0 Å². The van der Waals surface area contributed by atoms with Gasteiger partial charge in [0.15, 0.2) is 11.5 Å². The van der Waals surface area contributed by atoms with Crippen LogP contribution in [0.1, 0.15) is 16.1 Å². The molecule has 142 valence electrons. The maximum Gasteiger partial charge on any atom is 0.271 e. The molecule has 27 heavy (non-hydrogen) atoms. The van der Waals surface area contributed by atoms with Crippen molar-refractivity contribution in [1.82, 2.24) is 10.3 Å². The van der Waals surface area contributed by atoms with Gasteiger partial charge in [-0.3, -0.25) is 4.79 Å². The Balaban J connectivity index is 1.73. The Labute approximate surface area is 169 Å². The number of halogens is 1. The highest BCUT2D eigenvalue weighted by atomic mass is 35.5. The number of aromatic nitrogens is 1. The summed E-state index contributed by atoms with van der Waals surface area (Å²) < 4.78 is 16.6. The van der Waals surface area contributed by atoms with E-state index in [2.05, 4.69) is 10.3 Å². The van der Waals surface area contributed by atoms with Crippen LogP contribution in [0.15, 0.2) is 29.6 Å². The van der Waals surface area contributed by atoms with E-state index in [4.69, 9.17) is 25.8 Å². The number of thiazole rings is 1. The molecule has 0 aliphatic heterocycles. The van der Waals surface area contributed by atoms with Gasteiger partial charge in [0, 0.05) is 23.6 Å². The van der Waals surface area contributed by atoms with E-state index >= 15 is 0 Å². The van der Waals surface area contributed by atoms with E-state index in [1.807, 2.05) is 12.1 Å².